The van der Waals surface area contributed by atoms with Crippen LogP contribution >= 0.6 is 11.6 Å². The predicted molar refractivity (Wildman–Crippen MR) is 47.3 cm³/mol. The summed E-state index contributed by atoms with van der Waals surface area (Å²) in [6.07, 6.45) is 0. The average Bonchev–Trinajstić information content (AvgIpc) is 2.53. The molecule has 0 N–H and O–H groups in total. The largest absolute Gasteiger partial charge is 0.315 e. The highest BCUT2D eigenvalue weighted by Crippen LogP contribution is 2.21. The summed E-state index contributed by atoms with van der Waals surface area (Å²) in [7, 11) is 0. The maximum atomic E-state index is 5.86. The standard InChI is InChI=1S/C8H6ClN3O/c1-5-2-6(4-7(9)3-5)8-10-11-12-13-8/h2-4H,1H3. The molecule has 0 saturated heterocycles. The molecule has 1 heterocycles. The topological polar surface area (TPSA) is 51.8 Å². The Morgan fingerprint density at radius 1 is 1.31 bits per heavy atom. The molecule has 0 radical (unpaired) electrons. The molecule has 0 amide bonds. The van der Waals surface area contributed by atoms with Crippen LogP contribution < -0.4 is 0 Å². The van der Waals surface area contributed by atoms with Crippen LogP contribution in [0.5, 0.6) is 0 Å². The van der Waals surface area contributed by atoms with Crippen molar-refractivity contribution in [3.05, 3.63) is 28.8 Å². The van der Waals surface area contributed by atoms with Gasteiger partial charge in [0.15, 0.2) is 0 Å². The van der Waals surface area contributed by atoms with Gasteiger partial charge in [-0.1, -0.05) is 16.7 Å². The molecule has 4 nitrogen and oxygen atoms in total. The van der Waals surface area contributed by atoms with Gasteiger partial charge in [0.2, 0.25) is 0 Å². The Morgan fingerprint density at radius 3 is 2.77 bits per heavy atom. The molecule has 5 heteroatoms. The number of aryl methyl sites for hydroxylation is 1. The van der Waals surface area contributed by atoms with Crippen molar-refractivity contribution in [2.45, 2.75) is 6.92 Å². The minimum atomic E-state index is 0.380. The van der Waals surface area contributed by atoms with Gasteiger partial charge in [-0.3, -0.25) is 0 Å². The molecular formula is C8H6ClN3O. The maximum absolute atomic E-state index is 5.86. The van der Waals surface area contributed by atoms with Crippen LogP contribution in [0.3, 0.4) is 0 Å². The van der Waals surface area contributed by atoms with Gasteiger partial charge in [-0.15, -0.1) is 0 Å². The monoisotopic (exact) mass is 195 g/mol. The highest BCUT2D eigenvalue weighted by Gasteiger charge is 2.05. The molecule has 66 valence electrons. The summed E-state index contributed by atoms with van der Waals surface area (Å²) in [6.45, 7) is 1.94. The molecule has 2 aromatic rings. The molecule has 0 fully saturated rings. The molecule has 0 spiro atoms. The highest BCUT2D eigenvalue weighted by atomic mass is 35.5. The quantitative estimate of drug-likeness (QED) is 0.699. The van der Waals surface area contributed by atoms with E-state index in [0.29, 0.717) is 10.9 Å². The SMILES string of the molecule is Cc1cc(Cl)cc(-c2nnno2)c1. The first kappa shape index (κ1) is 8.19. The predicted octanol–water partition coefficient (Wildman–Crippen LogP) is 2.09. The Kier molecular flexibility index (Phi) is 1.98. The number of nitrogens with zero attached hydrogens (tertiary/aromatic N) is 3. The molecule has 0 aliphatic rings. The van der Waals surface area contributed by atoms with Crippen molar-refractivity contribution in [1.29, 1.82) is 0 Å². The van der Waals surface area contributed by atoms with Crippen LogP contribution in [-0.4, -0.2) is 15.6 Å². The van der Waals surface area contributed by atoms with Crippen molar-refractivity contribution in [3.8, 4) is 11.5 Å². The number of halogens is 1. The first-order chi connectivity index (χ1) is 6.25. The number of hydrogen-bond donors (Lipinski definition) is 0. The maximum Gasteiger partial charge on any atom is 0.278 e. The summed E-state index contributed by atoms with van der Waals surface area (Å²) in [5.74, 6) is 0.380. The number of rotatable bonds is 1. The summed E-state index contributed by atoms with van der Waals surface area (Å²) in [5.41, 5.74) is 1.83. The van der Waals surface area contributed by atoms with Crippen molar-refractivity contribution in [2.75, 3.05) is 0 Å². The molecule has 1 aromatic heterocycles. The lowest BCUT2D eigenvalue weighted by Crippen LogP contribution is -1.80. The zero-order valence-corrected chi connectivity index (χ0v) is 7.62. The van der Waals surface area contributed by atoms with Gasteiger partial charge in [-0.25, -0.2) is 0 Å². The van der Waals surface area contributed by atoms with Gasteiger partial charge in [0, 0.05) is 10.6 Å². The van der Waals surface area contributed by atoms with E-state index in [1.165, 1.54) is 0 Å². The minimum Gasteiger partial charge on any atom is -0.315 e. The van der Waals surface area contributed by atoms with Crippen LogP contribution in [0.15, 0.2) is 22.7 Å². The molecule has 0 atom stereocenters. The second-order valence-corrected chi connectivity index (χ2v) is 3.12. The van der Waals surface area contributed by atoms with E-state index >= 15 is 0 Å². The molecule has 0 bridgehead atoms. The fourth-order valence-corrected chi connectivity index (χ4v) is 1.39. The van der Waals surface area contributed by atoms with E-state index in [1.54, 1.807) is 6.07 Å². The Balaban J connectivity index is 2.53. The third-order valence-corrected chi connectivity index (χ3v) is 1.81. The first-order valence-electron chi connectivity index (χ1n) is 3.68. The fraction of sp³-hybridized carbons (Fsp3) is 0.125. The van der Waals surface area contributed by atoms with Gasteiger partial charge in [0.05, 0.1) is 5.27 Å². The van der Waals surface area contributed by atoms with E-state index in [0.717, 1.165) is 11.1 Å². The normalized spacial score (nSPS) is 10.3. The smallest absolute Gasteiger partial charge is 0.278 e. The van der Waals surface area contributed by atoms with Crippen LogP contribution in [0, 0.1) is 6.92 Å². The number of aromatic nitrogens is 3. The molecule has 1 aromatic carbocycles. The van der Waals surface area contributed by atoms with Gasteiger partial charge in [-0.05, 0) is 35.9 Å². The van der Waals surface area contributed by atoms with Gasteiger partial charge < -0.3 is 4.52 Å². The molecule has 0 aliphatic carbocycles. The average molecular weight is 196 g/mol. The molecule has 0 aliphatic heterocycles. The van der Waals surface area contributed by atoms with Gasteiger partial charge in [-0.2, -0.15) is 0 Å². The minimum absolute atomic E-state index is 0.380. The Bertz CT molecular complexity index is 393. The molecule has 0 saturated carbocycles. The van der Waals surface area contributed by atoms with Crippen molar-refractivity contribution in [3.63, 3.8) is 0 Å². The van der Waals surface area contributed by atoms with E-state index in [9.17, 15) is 0 Å². The van der Waals surface area contributed by atoms with Crippen molar-refractivity contribution in [1.82, 2.24) is 15.6 Å². The fourth-order valence-electron chi connectivity index (χ4n) is 1.10. The van der Waals surface area contributed by atoms with E-state index in [4.69, 9.17) is 16.1 Å². The third-order valence-electron chi connectivity index (χ3n) is 1.59. The molecular weight excluding hydrogens is 190 g/mol. The zero-order chi connectivity index (χ0) is 9.26. The summed E-state index contributed by atoms with van der Waals surface area (Å²) >= 11 is 5.86. The highest BCUT2D eigenvalue weighted by molar-refractivity contribution is 6.30. The third kappa shape index (κ3) is 1.67. The summed E-state index contributed by atoms with van der Waals surface area (Å²) < 4.78 is 4.80. The van der Waals surface area contributed by atoms with Crippen molar-refractivity contribution in [2.24, 2.45) is 0 Å². The van der Waals surface area contributed by atoms with Gasteiger partial charge >= 0.3 is 0 Å². The lowest BCUT2D eigenvalue weighted by atomic mass is 10.1. The van der Waals surface area contributed by atoms with E-state index in [-0.39, 0.29) is 0 Å². The molecule has 0 unspecified atom stereocenters. The zero-order valence-electron chi connectivity index (χ0n) is 6.86. The van der Waals surface area contributed by atoms with Crippen LogP contribution in [0.2, 0.25) is 5.02 Å². The van der Waals surface area contributed by atoms with E-state index < -0.39 is 0 Å². The summed E-state index contributed by atoms with van der Waals surface area (Å²) in [6, 6.07) is 5.51. The lowest BCUT2D eigenvalue weighted by Gasteiger charge is -1.97. The van der Waals surface area contributed by atoms with E-state index in [1.807, 2.05) is 19.1 Å². The second kappa shape index (κ2) is 3.14. The number of benzene rings is 1. The van der Waals surface area contributed by atoms with Gasteiger partial charge in [0.1, 0.15) is 0 Å². The van der Waals surface area contributed by atoms with E-state index in [2.05, 4.69) is 15.6 Å². The van der Waals surface area contributed by atoms with Crippen molar-refractivity contribution < 1.29 is 4.52 Å². The number of hydrogen-bond acceptors (Lipinski definition) is 4. The van der Waals surface area contributed by atoms with Crippen LogP contribution in [-0.2, 0) is 0 Å². The van der Waals surface area contributed by atoms with Crippen LogP contribution in [0.4, 0.5) is 0 Å². The second-order valence-electron chi connectivity index (χ2n) is 2.68. The Labute approximate surface area is 79.5 Å². The van der Waals surface area contributed by atoms with Crippen LogP contribution in [0.25, 0.3) is 11.5 Å². The lowest BCUT2D eigenvalue weighted by molar-refractivity contribution is 0.403. The summed E-state index contributed by atoms with van der Waals surface area (Å²) in [4.78, 5) is 0. The van der Waals surface area contributed by atoms with Crippen LogP contribution in [0.1, 0.15) is 5.56 Å². The Morgan fingerprint density at radius 2 is 2.15 bits per heavy atom. The Hall–Kier alpha value is -1.42. The van der Waals surface area contributed by atoms with Crippen molar-refractivity contribution >= 4 is 11.6 Å². The first-order valence-corrected chi connectivity index (χ1v) is 4.06. The molecule has 2 rings (SSSR count). The van der Waals surface area contributed by atoms with Gasteiger partial charge in [0.25, 0.3) is 5.89 Å². The molecule has 13 heavy (non-hydrogen) atoms. The summed E-state index contributed by atoms with van der Waals surface area (Å²) in [5, 5.41) is 11.0.